The van der Waals surface area contributed by atoms with Crippen LogP contribution < -0.4 is 19.5 Å². The number of methoxy groups -OCH3 is 3. The van der Waals surface area contributed by atoms with E-state index in [0.29, 0.717) is 36.0 Å². The van der Waals surface area contributed by atoms with E-state index in [9.17, 15) is 4.79 Å². The number of carbonyl (C=O) groups is 1. The van der Waals surface area contributed by atoms with Crippen molar-refractivity contribution in [2.24, 2.45) is 0 Å². The molecule has 8 nitrogen and oxygen atoms in total. The second kappa shape index (κ2) is 10.4. The lowest BCUT2D eigenvalue weighted by Gasteiger charge is -2.41. The Morgan fingerprint density at radius 3 is 2.31 bits per heavy atom. The molecule has 2 atom stereocenters. The SMILES string of the molecule is COc1cc(OC)c(Cc2ccc(C(=O)NC3COC(C)(C)OC3c3ccccc3)o2)c(OC)c1. The molecule has 186 valence electrons. The molecule has 0 saturated carbocycles. The zero-order valence-corrected chi connectivity index (χ0v) is 20.6. The molecule has 1 saturated heterocycles. The van der Waals surface area contributed by atoms with Gasteiger partial charge in [0, 0.05) is 24.1 Å². The molecule has 0 radical (unpaired) electrons. The van der Waals surface area contributed by atoms with Crippen LogP contribution in [0, 0.1) is 0 Å². The first kappa shape index (κ1) is 24.6. The summed E-state index contributed by atoms with van der Waals surface area (Å²) < 4.78 is 34.2. The van der Waals surface area contributed by atoms with Crippen molar-refractivity contribution < 1.29 is 32.9 Å². The summed E-state index contributed by atoms with van der Waals surface area (Å²) in [5.41, 5.74) is 1.76. The van der Waals surface area contributed by atoms with Gasteiger partial charge in [-0.15, -0.1) is 0 Å². The van der Waals surface area contributed by atoms with Crippen LogP contribution in [0.2, 0.25) is 0 Å². The van der Waals surface area contributed by atoms with E-state index in [0.717, 1.165) is 11.1 Å². The van der Waals surface area contributed by atoms with E-state index in [-0.39, 0.29) is 23.8 Å². The first-order valence-corrected chi connectivity index (χ1v) is 11.4. The van der Waals surface area contributed by atoms with Crippen molar-refractivity contribution in [1.29, 1.82) is 0 Å². The molecule has 0 spiro atoms. The van der Waals surface area contributed by atoms with Crippen LogP contribution in [0.1, 0.15) is 47.4 Å². The van der Waals surface area contributed by atoms with Gasteiger partial charge in [0.25, 0.3) is 5.91 Å². The van der Waals surface area contributed by atoms with Crippen LogP contribution in [0.3, 0.4) is 0 Å². The molecule has 2 heterocycles. The smallest absolute Gasteiger partial charge is 0.287 e. The van der Waals surface area contributed by atoms with Crippen LogP contribution in [0.4, 0.5) is 0 Å². The topological polar surface area (TPSA) is 88.4 Å². The molecule has 1 N–H and O–H groups in total. The van der Waals surface area contributed by atoms with Gasteiger partial charge in [-0.1, -0.05) is 30.3 Å². The molecule has 1 aliphatic rings. The summed E-state index contributed by atoms with van der Waals surface area (Å²) in [6.07, 6.45) is 0.0197. The minimum absolute atomic E-state index is 0.197. The van der Waals surface area contributed by atoms with Crippen LogP contribution in [0.5, 0.6) is 17.2 Å². The van der Waals surface area contributed by atoms with E-state index in [1.165, 1.54) is 0 Å². The first-order valence-electron chi connectivity index (χ1n) is 11.4. The van der Waals surface area contributed by atoms with Gasteiger partial charge in [-0.3, -0.25) is 4.79 Å². The van der Waals surface area contributed by atoms with Crippen molar-refractivity contribution in [3.05, 3.63) is 77.2 Å². The number of amides is 1. The van der Waals surface area contributed by atoms with Gasteiger partial charge in [0.1, 0.15) is 29.1 Å². The number of hydrogen-bond donors (Lipinski definition) is 1. The highest BCUT2D eigenvalue weighted by Crippen LogP contribution is 2.36. The lowest BCUT2D eigenvalue weighted by molar-refractivity contribution is -0.284. The normalized spacial score (nSPS) is 19.1. The second-order valence-electron chi connectivity index (χ2n) is 8.69. The van der Waals surface area contributed by atoms with Crippen molar-refractivity contribution in [3.8, 4) is 17.2 Å². The summed E-state index contributed by atoms with van der Waals surface area (Å²) in [5.74, 6) is 1.52. The Balaban J connectivity index is 1.51. The Labute approximate surface area is 205 Å². The van der Waals surface area contributed by atoms with Crippen LogP contribution in [0.15, 0.2) is 59.0 Å². The number of nitrogens with one attached hydrogen (secondary N) is 1. The molecule has 2 aromatic carbocycles. The van der Waals surface area contributed by atoms with Gasteiger partial charge in [-0.05, 0) is 31.5 Å². The molecule has 1 aliphatic heterocycles. The molecule has 4 rings (SSSR count). The molecule has 1 fully saturated rings. The standard InChI is InChI=1S/C27H31NO7/c1-27(2)33-16-21(25(35-27)17-9-7-6-8-10-17)28-26(29)22-12-11-18(34-22)13-20-23(31-4)14-19(30-3)15-24(20)32-5/h6-12,14-15,21,25H,13,16H2,1-5H3,(H,28,29). The van der Waals surface area contributed by atoms with E-state index in [1.807, 2.05) is 44.2 Å². The van der Waals surface area contributed by atoms with Crippen molar-refractivity contribution in [3.63, 3.8) is 0 Å². The number of benzene rings is 2. The average Bonchev–Trinajstić information content (AvgIpc) is 3.34. The average molecular weight is 482 g/mol. The highest BCUT2D eigenvalue weighted by atomic mass is 16.7. The molecule has 3 aromatic rings. The van der Waals surface area contributed by atoms with E-state index in [1.54, 1.807) is 45.6 Å². The van der Waals surface area contributed by atoms with E-state index in [2.05, 4.69) is 5.32 Å². The highest BCUT2D eigenvalue weighted by molar-refractivity contribution is 5.91. The van der Waals surface area contributed by atoms with Crippen LogP contribution in [-0.2, 0) is 15.9 Å². The van der Waals surface area contributed by atoms with Gasteiger partial charge >= 0.3 is 0 Å². The van der Waals surface area contributed by atoms with Gasteiger partial charge in [-0.25, -0.2) is 0 Å². The maximum absolute atomic E-state index is 13.1. The Morgan fingerprint density at radius 2 is 1.69 bits per heavy atom. The fourth-order valence-corrected chi connectivity index (χ4v) is 4.12. The van der Waals surface area contributed by atoms with Crippen molar-refractivity contribution >= 4 is 5.91 Å². The molecule has 0 aliphatic carbocycles. The minimum atomic E-state index is -0.754. The fraction of sp³-hybridized carbons (Fsp3) is 0.370. The molecular weight excluding hydrogens is 450 g/mol. The third kappa shape index (κ3) is 5.61. The molecular formula is C27H31NO7. The Morgan fingerprint density at radius 1 is 1.00 bits per heavy atom. The summed E-state index contributed by atoms with van der Waals surface area (Å²) in [7, 11) is 4.74. The minimum Gasteiger partial charge on any atom is -0.496 e. The van der Waals surface area contributed by atoms with Crippen molar-refractivity contribution in [2.75, 3.05) is 27.9 Å². The lowest BCUT2D eigenvalue weighted by atomic mass is 10.0. The van der Waals surface area contributed by atoms with E-state index >= 15 is 0 Å². The third-order valence-corrected chi connectivity index (χ3v) is 5.88. The second-order valence-corrected chi connectivity index (χ2v) is 8.69. The highest BCUT2D eigenvalue weighted by Gasteiger charge is 2.38. The fourth-order valence-electron chi connectivity index (χ4n) is 4.12. The summed E-state index contributed by atoms with van der Waals surface area (Å²) in [6.45, 7) is 4.04. The van der Waals surface area contributed by atoms with Gasteiger partial charge in [0.2, 0.25) is 0 Å². The van der Waals surface area contributed by atoms with Crippen LogP contribution in [-0.4, -0.2) is 45.7 Å². The maximum atomic E-state index is 13.1. The largest absolute Gasteiger partial charge is 0.496 e. The maximum Gasteiger partial charge on any atom is 0.287 e. The molecule has 8 heteroatoms. The number of ether oxygens (including phenoxy) is 5. The number of furan rings is 1. The first-order chi connectivity index (χ1) is 16.8. The Hall–Kier alpha value is -3.49. The molecule has 1 amide bonds. The number of rotatable bonds is 8. The van der Waals surface area contributed by atoms with Gasteiger partial charge in [0.05, 0.1) is 34.0 Å². The summed E-state index contributed by atoms with van der Waals surface area (Å²) in [5, 5.41) is 3.01. The molecule has 1 aromatic heterocycles. The molecule has 0 bridgehead atoms. The van der Waals surface area contributed by atoms with Crippen molar-refractivity contribution in [1.82, 2.24) is 5.32 Å². The van der Waals surface area contributed by atoms with E-state index < -0.39 is 5.79 Å². The monoisotopic (exact) mass is 481 g/mol. The van der Waals surface area contributed by atoms with Crippen LogP contribution in [0.25, 0.3) is 0 Å². The van der Waals surface area contributed by atoms with E-state index in [4.69, 9.17) is 28.1 Å². The quantitative estimate of drug-likeness (QED) is 0.506. The third-order valence-electron chi connectivity index (χ3n) is 5.88. The summed E-state index contributed by atoms with van der Waals surface area (Å²) in [4.78, 5) is 13.1. The Kier molecular flexibility index (Phi) is 7.33. The number of hydrogen-bond acceptors (Lipinski definition) is 7. The number of carbonyl (C=O) groups excluding carboxylic acids is 1. The predicted octanol–water partition coefficient (Wildman–Crippen LogP) is 4.52. The van der Waals surface area contributed by atoms with Crippen LogP contribution >= 0.6 is 0 Å². The van der Waals surface area contributed by atoms with Crippen molar-refractivity contribution in [2.45, 2.75) is 38.2 Å². The molecule has 2 unspecified atom stereocenters. The van der Waals surface area contributed by atoms with Gasteiger partial charge < -0.3 is 33.4 Å². The predicted molar refractivity (Wildman–Crippen MR) is 129 cm³/mol. The van der Waals surface area contributed by atoms with Gasteiger partial charge in [0.15, 0.2) is 11.5 Å². The van der Waals surface area contributed by atoms with Gasteiger partial charge in [-0.2, -0.15) is 0 Å². The summed E-state index contributed by atoms with van der Waals surface area (Å²) in [6, 6.07) is 16.4. The summed E-state index contributed by atoms with van der Waals surface area (Å²) >= 11 is 0. The zero-order chi connectivity index (χ0) is 25.0. The molecule has 35 heavy (non-hydrogen) atoms. The Bertz CT molecular complexity index is 1130. The lowest BCUT2D eigenvalue weighted by Crippen LogP contribution is -2.51. The zero-order valence-electron chi connectivity index (χ0n) is 20.6.